The molecule has 2 aromatic rings. The van der Waals surface area contributed by atoms with E-state index in [4.69, 9.17) is 0 Å². The zero-order valence-electron chi connectivity index (χ0n) is 20.3. The Hall–Kier alpha value is -2.87. The summed E-state index contributed by atoms with van der Waals surface area (Å²) >= 11 is 0. The fourth-order valence-corrected chi connectivity index (χ4v) is 4.54. The van der Waals surface area contributed by atoms with E-state index in [1.165, 1.54) is 4.90 Å². The maximum atomic E-state index is 13.6. The highest BCUT2D eigenvalue weighted by atomic mass is 32.2. The van der Waals surface area contributed by atoms with E-state index >= 15 is 0 Å². The van der Waals surface area contributed by atoms with Crippen LogP contribution in [0.4, 0.5) is 5.69 Å². The Balaban J connectivity index is 2.44. The SMILES string of the molecule is CC[C@@H](C(=O)NC(C)C)N(Cc1ccc(C)cc1)C(=O)CN(c1ccccc1C)S(C)(=O)=O. The minimum Gasteiger partial charge on any atom is -0.352 e. The van der Waals surface area contributed by atoms with Gasteiger partial charge in [0.15, 0.2) is 0 Å². The van der Waals surface area contributed by atoms with Gasteiger partial charge in [0.05, 0.1) is 11.9 Å². The van der Waals surface area contributed by atoms with Gasteiger partial charge in [-0.2, -0.15) is 0 Å². The van der Waals surface area contributed by atoms with Gasteiger partial charge in [-0.25, -0.2) is 8.42 Å². The van der Waals surface area contributed by atoms with Gasteiger partial charge in [-0.15, -0.1) is 0 Å². The predicted octanol–water partition coefficient (Wildman–Crippen LogP) is 3.40. The number of para-hydroxylation sites is 1. The monoisotopic (exact) mass is 473 g/mol. The summed E-state index contributed by atoms with van der Waals surface area (Å²) in [6.07, 6.45) is 1.49. The van der Waals surface area contributed by atoms with E-state index in [1.807, 2.05) is 58.0 Å². The molecule has 0 aliphatic carbocycles. The van der Waals surface area contributed by atoms with Crippen LogP contribution in [-0.4, -0.2) is 50.0 Å². The number of aryl methyl sites for hydroxylation is 2. The molecule has 180 valence electrons. The quantitative estimate of drug-likeness (QED) is 0.573. The Morgan fingerprint density at radius 3 is 2.12 bits per heavy atom. The van der Waals surface area contributed by atoms with Crippen molar-refractivity contribution < 1.29 is 18.0 Å². The molecule has 2 aromatic carbocycles. The highest BCUT2D eigenvalue weighted by molar-refractivity contribution is 7.92. The van der Waals surface area contributed by atoms with Gasteiger partial charge >= 0.3 is 0 Å². The molecule has 0 radical (unpaired) electrons. The average molecular weight is 474 g/mol. The van der Waals surface area contributed by atoms with Gasteiger partial charge in [0, 0.05) is 12.6 Å². The molecule has 0 aliphatic rings. The van der Waals surface area contributed by atoms with E-state index in [2.05, 4.69) is 5.32 Å². The van der Waals surface area contributed by atoms with Crippen molar-refractivity contribution in [1.82, 2.24) is 10.2 Å². The highest BCUT2D eigenvalue weighted by Crippen LogP contribution is 2.23. The molecular formula is C25H35N3O4S. The molecule has 0 spiro atoms. The van der Waals surface area contributed by atoms with Crippen LogP contribution >= 0.6 is 0 Å². The van der Waals surface area contributed by atoms with Crippen molar-refractivity contribution in [2.24, 2.45) is 0 Å². The normalized spacial score (nSPS) is 12.3. The first kappa shape index (κ1) is 26.4. The first-order valence-corrected chi connectivity index (χ1v) is 13.0. The lowest BCUT2D eigenvalue weighted by Crippen LogP contribution is -2.53. The summed E-state index contributed by atoms with van der Waals surface area (Å²) in [5.74, 6) is -0.690. The largest absolute Gasteiger partial charge is 0.352 e. The fraction of sp³-hybridized carbons (Fsp3) is 0.440. The summed E-state index contributed by atoms with van der Waals surface area (Å²) < 4.78 is 26.4. The topological polar surface area (TPSA) is 86.8 Å². The Kier molecular flexibility index (Phi) is 9.05. The molecule has 1 atom stereocenters. The fourth-order valence-electron chi connectivity index (χ4n) is 3.63. The van der Waals surface area contributed by atoms with E-state index in [-0.39, 0.29) is 25.0 Å². The van der Waals surface area contributed by atoms with Gasteiger partial charge < -0.3 is 10.2 Å². The molecule has 0 aromatic heterocycles. The predicted molar refractivity (Wildman–Crippen MR) is 132 cm³/mol. The summed E-state index contributed by atoms with van der Waals surface area (Å²) in [5, 5.41) is 2.88. The number of sulfonamides is 1. The van der Waals surface area contributed by atoms with Crippen LogP contribution in [0.3, 0.4) is 0 Å². The van der Waals surface area contributed by atoms with Gasteiger partial charge in [-0.05, 0) is 51.3 Å². The lowest BCUT2D eigenvalue weighted by Gasteiger charge is -2.33. The van der Waals surface area contributed by atoms with E-state index in [0.717, 1.165) is 27.3 Å². The first-order chi connectivity index (χ1) is 15.4. The zero-order valence-corrected chi connectivity index (χ0v) is 21.1. The van der Waals surface area contributed by atoms with E-state index in [0.29, 0.717) is 12.1 Å². The minimum absolute atomic E-state index is 0.0811. The summed E-state index contributed by atoms with van der Waals surface area (Å²) in [5.41, 5.74) is 3.14. The van der Waals surface area contributed by atoms with Crippen LogP contribution < -0.4 is 9.62 Å². The van der Waals surface area contributed by atoms with Crippen molar-refractivity contribution in [3.05, 3.63) is 65.2 Å². The molecule has 2 rings (SSSR count). The lowest BCUT2D eigenvalue weighted by molar-refractivity contribution is -0.140. The van der Waals surface area contributed by atoms with Crippen LogP contribution in [0.15, 0.2) is 48.5 Å². The third-order valence-electron chi connectivity index (χ3n) is 5.35. The number of benzene rings is 2. The molecule has 33 heavy (non-hydrogen) atoms. The van der Waals surface area contributed by atoms with Crippen molar-refractivity contribution in [2.75, 3.05) is 17.1 Å². The van der Waals surface area contributed by atoms with E-state index in [9.17, 15) is 18.0 Å². The second-order valence-electron chi connectivity index (χ2n) is 8.65. The van der Waals surface area contributed by atoms with Gasteiger partial charge in [0.1, 0.15) is 12.6 Å². The molecular weight excluding hydrogens is 438 g/mol. The number of nitrogens with one attached hydrogen (secondary N) is 1. The van der Waals surface area contributed by atoms with Gasteiger partial charge in [0.25, 0.3) is 0 Å². The van der Waals surface area contributed by atoms with E-state index < -0.39 is 22.0 Å². The second-order valence-corrected chi connectivity index (χ2v) is 10.6. The zero-order chi connectivity index (χ0) is 24.8. The number of amides is 2. The molecule has 7 nitrogen and oxygen atoms in total. The third-order valence-corrected chi connectivity index (χ3v) is 6.48. The Bertz CT molecular complexity index is 1070. The van der Waals surface area contributed by atoms with Gasteiger partial charge in [-0.1, -0.05) is 55.0 Å². The standard InChI is InChI=1S/C25H35N3O4S/c1-7-22(25(30)26-18(2)3)27(16-21-14-12-19(4)13-15-21)24(29)17-28(33(6,31)32)23-11-9-8-10-20(23)5/h8-15,18,22H,7,16-17H2,1-6H3,(H,26,30)/t22-/m0/s1. The molecule has 2 amide bonds. The maximum Gasteiger partial charge on any atom is 0.244 e. The lowest BCUT2D eigenvalue weighted by atomic mass is 10.1. The molecule has 0 saturated heterocycles. The maximum absolute atomic E-state index is 13.6. The number of hydrogen-bond donors (Lipinski definition) is 1. The van der Waals surface area contributed by atoms with Crippen LogP contribution in [-0.2, 0) is 26.2 Å². The van der Waals surface area contributed by atoms with Crippen LogP contribution in [0.25, 0.3) is 0 Å². The third kappa shape index (κ3) is 7.32. The second kappa shape index (κ2) is 11.3. The number of carbonyl (C=O) groups excluding carboxylic acids is 2. The summed E-state index contributed by atoms with van der Waals surface area (Å²) in [6, 6.07) is 13.9. The summed E-state index contributed by atoms with van der Waals surface area (Å²) in [7, 11) is -3.73. The van der Waals surface area contributed by atoms with Crippen molar-refractivity contribution in [2.45, 2.75) is 59.7 Å². The van der Waals surface area contributed by atoms with Crippen molar-refractivity contribution in [3.63, 3.8) is 0 Å². The van der Waals surface area contributed by atoms with Gasteiger partial charge in [-0.3, -0.25) is 13.9 Å². The molecule has 0 unspecified atom stereocenters. The molecule has 8 heteroatoms. The number of hydrogen-bond acceptors (Lipinski definition) is 4. The van der Waals surface area contributed by atoms with Crippen LogP contribution in [0.2, 0.25) is 0 Å². The highest BCUT2D eigenvalue weighted by Gasteiger charge is 2.32. The molecule has 0 saturated carbocycles. The summed E-state index contributed by atoms with van der Waals surface area (Å²) in [4.78, 5) is 28.0. The Morgan fingerprint density at radius 2 is 1.61 bits per heavy atom. The smallest absolute Gasteiger partial charge is 0.244 e. The molecule has 1 N–H and O–H groups in total. The number of anilines is 1. The average Bonchev–Trinajstić information content (AvgIpc) is 2.72. The molecule has 0 heterocycles. The molecule has 0 bridgehead atoms. The molecule has 0 aliphatic heterocycles. The van der Waals surface area contributed by atoms with Crippen molar-refractivity contribution >= 4 is 27.5 Å². The van der Waals surface area contributed by atoms with Gasteiger partial charge in [0.2, 0.25) is 21.8 Å². The van der Waals surface area contributed by atoms with Crippen molar-refractivity contribution in [3.8, 4) is 0 Å². The van der Waals surface area contributed by atoms with E-state index in [1.54, 1.807) is 25.1 Å². The minimum atomic E-state index is -3.73. The summed E-state index contributed by atoms with van der Waals surface area (Å²) in [6.45, 7) is 9.16. The van der Waals surface area contributed by atoms with Crippen LogP contribution in [0, 0.1) is 13.8 Å². The first-order valence-electron chi connectivity index (χ1n) is 11.1. The number of nitrogens with zero attached hydrogens (tertiary/aromatic N) is 2. The van der Waals surface area contributed by atoms with Crippen LogP contribution in [0.5, 0.6) is 0 Å². The van der Waals surface area contributed by atoms with Crippen molar-refractivity contribution in [1.29, 1.82) is 0 Å². The Labute approximate surface area is 197 Å². The Morgan fingerprint density at radius 1 is 1.00 bits per heavy atom. The number of rotatable bonds is 10. The van der Waals surface area contributed by atoms with Crippen LogP contribution in [0.1, 0.15) is 43.9 Å². The molecule has 0 fully saturated rings. The number of carbonyl (C=O) groups is 2.